The molecular weight excluding hydrogens is 374 g/mol. The van der Waals surface area contributed by atoms with Gasteiger partial charge >= 0.3 is 0 Å². The van der Waals surface area contributed by atoms with Crippen molar-refractivity contribution < 1.29 is 19.1 Å². The molecule has 0 radical (unpaired) electrons. The Kier molecular flexibility index (Phi) is 4.97. The van der Waals surface area contributed by atoms with Crippen LogP contribution in [0.25, 0.3) is 0 Å². The first kappa shape index (κ1) is 16.7. The highest BCUT2D eigenvalue weighted by Gasteiger charge is 2.36. The van der Waals surface area contributed by atoms with Crippen molar-refractivity contribution in [2.75, 3.05) is 20.3 Å². The van der Waals surface area contributed by atoms with Crippen molar-refractivity contribution >= 4 is 27.7 Å². The molecule has 1 heterocycles. The third-order valence-electron chi connectivity index (χ3n) is 3.85. The number of amides is 2. The molecule has 5 nitrogen and oxygen atoms in total. The van der Waals surface area contributed by atoms with E-state index >= 15 is 0 Å². The number of nitrogens with zero attached hydrogens (tertiary/aromatic N) is 1. The molecule has 1 unspecified atom stereocenters. The van der Waals surface area contributed by atoms with Crippen LogP contribution in [0.3, 0.4) is 0 Å². The number of fused-ring (bicyclic) bond motifs is 1. The fourth-order valence-electron chi connectivity index (χ4n) is 2.52. The number of imide groups is 1. The molecule has 0 bridgehead atoms. The minimum Gasteiger partial charge on any atom is -0.491 e. The predicted octanol–water partition coefficient (Wildman–Crippen LogP) is 3.14. The Morgan fingerprint density at radius 1 is 1.00 bits per heavy atom. The summed E-state index contributed by atoms with van der Waals surface area (Å²) in [5, 5.41) is 0. The first-order chi connectivity index (χ1) is 11.6. The Morgan fingerprint density at radius 3 is 2.12 bits per heavy atom. The second-order valence-corrected chi connectivity index (χ2v) is 6.30. The van der Waals surface area contributed by atoms with Gasteiger partial charge in [-0.3, -0.25) is 14.5 Å². The first-order valence-corrected chi connectivity index (χ1v) is 8.26. The Hall–Kier alpha value is -2.18. The van der Waals surface area contributed by atoms with Crippen molar-refractivity contribution in [3.8, 4) is 5.75 Å². The van der Waals surface area contributed by atoms with Gasteiger partial charge < -0.3 is 9.47 Å². The van der Waals surface area contributed by atoms with Gasteiger partial charge in [0.1, 0.15) is 18.5 Å². The molecule has 0 aromatic heterocycles. The maximum atomic E-state index is 12.4. The maximum absolute atomic E-state index is 12.4. The molecule has 0 spiro atoms. The van der Waals surface area contributed by atoms with Crippen molar-refractivity contribution in [3.63, 3.8) is 0 Å². The highest BCUT2D eigenvalue weighted by Crippen LogP contribution is 2.23. The second kappa shape index (κ2) is 7.15. The number of ether oxygens (including phenoxy) is 2. The van der Waals surface area contributed by atoms with Gasteiger partial charge in [0, 0.05) is 11.6 Å². The Labute approximate surface area is 148 Å². The Bertz CT molecular complexity index is 725. The molecule has 1 aliphatic heterocycles. The Balaban J connectivity index is 1.65. The highest BCUT2D eigenvalue weighted by molar-refractivity contribution is 9.10. The van der Waals surface area contributed by atoms with E-state index in [1.165, 1.54) is 12.0 Å². The normalized spacial score (nSPS) is 14.7. The minimum absolute atomic E-state index is 0.152. The van der Waals surface area contributed by atoms with E-state index < -0.39 is 6.10 Å². The van der Waals surface area contributed by atoms with Crippen LogP contribution in [0.4, 0.5) is 0 Å². The molecule has 1 atom stereocenters. The average Bonchev–Trinajstić information content (AvgIpc) is 2.85. The lowest BCUT2D eigenvalue weighted by molar-refractivity contribution is 0.0270. The molecule has 24 heavy (non-hydrogen) atoms. The number of carbonyl (C=O) groups is 2. The molecule has 0 aliphatic carbocycles. The summed E-state index contributed by atoms with van der Waals surface area (Å²) in [5.74, 6) is 0.116. The quantitative estimate of drug-likeness (QED) is 0.712. The minimum atomic E-state index is -0.407. The van der Waals surface area contributed by atoms with E-state index in [1.807, 2.05) is 24.3 Å². The van der Waals surface area contributed by atoms with Crippen molar-refractivity contribution in [1.29, 1.82) is 0 Å². The molecule has 124 valence electrons. The Morgan fingerprint density at radius 2 is 1.58 bits per heavy atom. The molecule has 6 heteroatoms. The van der Waals surface area contributed by atoms with Crippen LogP contribution in [0.2, 0.25) is 0 Å². The fourth-order valence-corrected chi connectivity index (χ4v) is 2.79. The van der Waals surface area contributed by atoms with Crippen LogP contribution in [0.15, 0.2) is 53.0 Å². The van der Waals surface area contributed by atoms with E-state index in [2.05, 4.69) is 15.9 Å². The van der Waals surface area contributed by atoms with Crippen LogP contribution in [-0.4, -0.2) is 43.1 Å². The van der Waals surface area contributed by atoms with E-state index in [0.29, 0.717) is 16.9 Å². The summed E-state index contributed by atoms with van der Waals surface area (Å²) in [6.07, 6.45) is -0.407. The molecule has 3 rings (SSSR count). The van der Waals surface area contributed by atoms with Crippen LogP contribution in [0.5, 0.6) is 5.75 Å². The lowest BCUT2D eigenvalue weighted by Crippen LogP contribution is -2.40. The van der Waals surface area contributed by atoms with Crippen LogP contribution >= 0.6 is 15.9 Å². The van der Waals surface area contributed by atoms with Crippen LogP contribution < -0.4 is 4.74 Å². The van der Waals surface area contributed by atoms with Gasteiger partial charge in [0.15, 0.2) is 0 Å². The smallest absolute Gasteiger partial charge is 0.261 e. The van der Waals surface area contributed by atoms with Gasteiger partial charge in [-0.2, -0.15) is 0 Å². The summed E-state index contributed by atoms with van der Waals surface area (Å²) in [7, 11) is 1.54. The average molecular weight is 390 g/mol. The molecule has 0 fully saturated rings. The standard InChI is InChI=1S/C18H16BrNO4/c1-23-14(11-24-13-8-6-12(19)7-9-13)10-20-17(21)15-4-2-3-5-16(15)18(20)22/h2-9,14H,10-11H2,1H3. The van der Waals surface area contributed by atoms with Gasteiger partial charge in [0.2, 0.25) is 0 Å². The summed E-state index contributed by atoms with van der Waals surface area (Å²) in [6.45, 7) is 0.394. The van der Waals surface area contributed by atoms with Gasteiger partial charge in [-0.25, -0.2) is 0 Å². The van der Waals surface area contributed by atoms with Gasteiger partial charge in [-0.1, -0.05) is 28.1 Å². The van der Waals surface area contributed by atoms with Gasteiger partial charge in [-0.05, 0) is 36.4 Å². The molecule has 0 N–H and O–H groups in total. The molecule has 2 aromatic rings. The summed E-state index contributed by atoms with van der Waals surface area (Å²) in [6, 6.07) is 14.2. The van der Waals surface area contributed by atoms with Gasteiger partial charge in [0.25, 0.3) is 11.8 Å². The molecule has 0 saturated heterocycles. The second-order valence-electron chi connectivity index (χ2n) is 5.39. The lowest BCUT2D eigenvalue weighted by Gasteiger charge is -2.21. The molecule has 2 amide bonds. The highest BCUT2D eigenvalue weighted by atomic mass is 79.9. The number of benzene rings is 2. The lowest BCUT2D eigenvalue weighted by atomic mass is 10.1. The molecule has 1 aliphatic rings. The topological polar surface area (TPSA) is 55.8 Å². The zero-order valence-corrected chi connectivity index (χ0v) is 14.7. The van der Waals surface area contributed by atoms with Crippen molar-refractivity contribution in [3.05, 3.63) is 64.1 Å². The van der Waals surface area contributed by atoms with Gasteiger partial charge in [0.05, 0.1) is 17.7 Å². The van der Waals surface area contributed by atoms with Crippen LogP contribution in [0.1, 0.15) is 20.7 Å². The summed E-state index contributed by atoms with van der Waals surface area (Å²) < 4.78 is 12.0. The van der Waals surface area contributed by atoms with Gasteiger partial charge in [-0.15, -0.1) is 0 Å². The number of hydrogen-bond donors (Lipinski definition) is 0. The SMILES string of the molecule is COC(COc1ccc(Br)cc1)CN1C(=O)c2ccccc2C1=O. The molecule has 0 saturated carbocycles. The fraction of sp³-hybridized carbons (Fsp3) is 0.222. The van der Waals surface area contributed by atoms with E-state index in [0.717, 1.165) is 4.47 Å². The third-order valence-corrected chi connectivity index (χ3v) is 4.38. The number of carbonyl (C=O) groups excluding carboxylic acids is 2. The molecular formula is C18H16BrNO4. The van der Waals surface area contributed by atoms with E-state index in [4.69, 9.17) is 9.47 Å². The summed E-state index contributed by atoms with van der Waals surface area (Å²) >= 11 is 3.36. The summed E-state index contributed by atoms with van der Waals surface area (Å²) in [4.78, 5) is 26.0. The maximum Gasteiger partial charge on any atom is 0.261 e. The van der Waals surface area contributed by atoms with E-state index in [9.17, 15) is 9.59 Å². The van der Waals surface area contributed by atoms with Crippen molar-refractivity contribution in [2.45, 2.75) is 6.10 Å². The van der Waals surface area contributed by atoms with Crippen molar-refractivity contribution in [2.24, 2.45) is 0 Å². The zero-order chi connectivity index (χ0) is 17.1. The molecule has 2 aromatic carbocycles. The summed E-state index contributed by atoms with van der Waals surface area (Å²) in [5.41, 5.74) is 0.873. The van der Waals surface area contributed by atoms with E-state index in [1.54, 1.807) is 24.3 Å². The predicted molar refractivity (Wildman–Crippen MR) is 92.2 cm³/mol. The zero-order valence-electron chi connectivity index (χ0n) is 13.1. The monoisotopic (exact) mass is 389 g/mol. The number of methoxy groups -OCH3 is 1. The third kappa shape index (κ3) is 3.34. The van der Waals surface area contributed by atoms with Crippen LogP contribution in [-0.2, 0) is 4.74 Å². The number of rotatable bonds is 6. The number of hydrogen-bond acceptors (Lipinski definition) is 4. The van der Waals surface area contributed by atoms with E-state index in [-0.39, 0.29) is 25.0 Å². The number of halogens is 1. The first-order valence-electron chi connectivity index (χ1n) is 7.46. The van der Waals surface area contributed by atoms with Crippen molar-refractivity contribution in [1.82, 2.24) is 4.90 Å². The van der Waals surface area contributed by atoms with Crippen LogP contribution in [0, 0.1) is 0 Å². The largest absolute Gasteiger partial charge is 0.491 e.